The molecule has 26 heavy (non-hydrogen) atoms. The summed E-state index contributed by atoms with van der Waals surface area (Å²) in [6.07, 6.45) is 1.25. The Kier molecular flexibility index (Phi) is 7.76. The third kappa shape index (κ3) is 5.63. The monoisotopic (exact) mass is 393 g/mol. The molecule has 140 valence electrons. The third-order valence-electron chi connectivity index (χ3n) is 4.08. The molecule has 0 saturated carbocycles. The summed E-state index contributed by atoms with van der Waals surface area (Å²) in [4.78, 5) is 14.1. The van der Waals surface area contributed by atoms with Crippen LogP contribution in [0.5, 0.6) is 0 Å². The van der Waals surface area contributed by atoms with Crippen LogP contribution in [-0.4, -0.2) is 31.4 Å². The van der Waals surface area contributed by atoms with Crippen LogP contribution in [0.1, 0.15) is 31.4 Å². The molecule has 1 atom stereocenters. The van der Waals surface area contributed by atoms with Crippen molar-refractivity contribution in [2.24, 2.45) is 0 Å². The van der Waals surface area contributed by atoms with Gasteiger partial charge in [-0.1, -0.05) is 54.4 Å². The molecule has 0 saturated heterocycles. The highest BCUT2D eigenvalue weighted by Gasteiger charge is 2.18. The van der Waals surface area contributed by atoms with E-state index in [0.29, 0.717) is 22.2 Å². The summed E-state index contributed by atoms with van der Waals surface area (Å²) in [5, 5.41) is 7.56. The van der Waals surface area contributed by atoms with Crippen LogP contribution in [-0.2, 0) is 4.79 Å². The number of hydrogen-bond acceptors (Lipinski definition) is 3. The van der Waals surface area contributed by atoms with E-state index in [1.807, 2.05) is 51.4 Å². The van der Waals surface area contributed by atoms with Crippen molar-refractivity contribution in [1.29, 1.82) is 0 Å². The van der Waals surface area contributed by atoms with Gasteiger partial charge in [0, 0.05) is 12.1 Å². The maximum atomic E-state index is 12.0. The quantitative estimate of drug-likeness (QED) is 0.642. The van der Waals surface area contributed by atoms with E-state index in [2.05, 4.69) is 15.5 Å². The normalized spacial score (nSPS) is 12.1. The van der Waals surface area contributed by atoms with Crippen molar-refractivity contribution in [3.8, 4) is 0 Å². The number of halogens is 2. The molecular weight excluding hydrogens is 369 g/mol. The molecule has 2 aromatic rings. The predicted molar refractivity (Wildman–Crippen MR) is 111 cm³/mol. The lowest BCUT2D eigenvalue weighted by molar-refractivity contribution is -0.121. The van der Waals surface area contributed by atoms with Crippen LogP contribution in [0.3, 0.4) is 0 Å². The van der Waals surface area contributed by atoms with E-state index in [1.54, 1.807) is 12.1 Å². The topological polar surface area (TPSA) is 44.4 Å². The lowest BCUT2D eigenvalue weighted by Crippen LogP contribution is -2.30. The van der Waals surface area contributed by atoms with Crippen molar-refractivity contribution < 1.29 is 4.79 Å². The second kappa shape index (κ2) is 9.81. The summed E-state index contributed by atoms with van der Waals surface area (Å²) in [5.74, 6) is 0.0272. The highest BCUT2D eigenvalue weighted by atomic mass is 35.5. The van der Waals surface area contributed by atoms with Gasteiger partial charge in [0.1, 0.15) is 0 Å². The van der Waals surface area contributed by atoms with Crippen LogP contribution >= 0.6 is 23.2 Å². The van der Waals surface area contributed by atoms with Crippen molar-refractivity contribution in [3.63, 3.8) is 0 Å². The minimum atomic E-state index is -0.102. The van der Waals surface area contributed by atoms with Crippen LogP contribution in [0, 0.1) is 0 Å². The fourth-order valence-corrected chi connectivity index (χ4v) is 3.15. The number of hydrogen-bond donors (Lipinski definition) is 2. The molecule has 2 rings (SSSR count). The Hall–Kier alpha value is -1.75. The second-order valence-corrected chi connectivity index (χ2v) is 7.19. The first-order chi connectivity index (χ1) is 12.4. The smallest absolute Gasteiger partial charge is 0.220 e. The number of amides is 1. The number of benzene rings is 2. The van der Waals surface area contributed by atoms with Crippen LogP contribution < -0.4 is 10.6 Å². The zero-order valence-electron chi connectivity index (χ0n) is 15.4. The van der Waals surface area contributed by atoms with E-state index in [4.69, 9.17) is 23.2 Å². The van der Waals surface area contributed by atoms with Crippen LogP contribution in [0.15, 0.2) is 42.5 Å². The average Bonchev–Trinajstić information content (AvgIpc) is 2.62. The van der Waals surface area contributed by atoms with Gasteiger partial charge in [0.15, 0.2) is 0 Å². The van der Waals surface area contributed by atoms with E-state index in [1.165, 1.54) is 0 Å². The number of carbonyl (C=O) groups excluding carboxylic acids is 1. The highest BCUT2D eigenvalue weighted by Crippen LogP contribution is 2.35. The van der Waals surface area contributed by atoms with Gasteiger partial charge in [-0.25, -0.2) is 0 Å². The molecule has 0 bridgehead atoms. The van der Waals surface area contributed by atoms with Crippen LogP contribution in [0.25, 0.3) is 0 Å². The van der Waals surface area contributed by atoms with Crippen molar-refractivity contribution in [1.82, 2.24) is 10.2 Å². The summed E-state index contributed by atoms with van der Waals surface area (Å²) in [6, 6.07) is 13.2. The van der Waals surface area contributed by atoms with Crippen molar-refractivity contribution >= 4 is 40.5 Å². The molecule has 0 spiro atoms. The molecule has 0 aromatic heterocycles. The Morgan fingerprint density at radius 2 is 1.73 bits per heavy atom. The second-order valence-electron chi connectivity index (χ2n) is 6.37. The lowest BCUT2D eigenvalue weighted by Gasteiger charge is -2.24. The number of carbonyl (C=O) groups is 1. The largest absolute Gasteiger partial charge is 0.353 e. The van der Waals surface area contributed by atoms with Crippen LogP contribution in [0.2, 0.25) is 10.0 Å². The summed E-state index contributed by atoms with van der Waals surface area (Å²) in [7, 11) is 4.04. The summed E-state index contributed by atoms with van der Waals surface area (Å²) < 4.78 is 0. The predicted octanol–water partition coefficient (Wildman–Crippen LogP) is 5.26. The molecule has 0 aliphatic rings. The first kappa shape index (κ1) is 20.6. The van der Waals surface area contributed by atoms with Crippen LogP contribution in [0.4, 0.5) is 11.4 Å². The minimum absolute atomic E-state index is 0.0272. The van der Waals surface area contributed by atoms with Gasteiger partial charge in [0.2, 0.25) is 5.91 Å². The van der Waals surface area contributed by atoms with Gasteiger partial charge >= 0.3 is 0 Å². The fourth-order valence-electron chi connectivity index (χ4n) is 2.66. The zero-order chi connectivity index (χ0) is 19.1. The fraction of sp³-hybridized carbons (Fsp3) is 0.350. The molecule has 1 amide bonds. The Morgan fingerprint density at radius 1 is 1.08 bits per heavy atom. The summed E-state index contributed by atoms with van der Waals surface area (Å²) in [5.41, 5.74) is 2.55. The molecule has 2 aromatic carbocycles. The van der Waals surface area contributed by atoms with E-state index in [0.717, 1.165) is 24.2 Å². The van der Waals surface area contributed by atoms with Crippen molar-refractivity contribution in [3.05, 3.63) is 58.1 Å². The van der Waals surface area contributed by atoms with E-state index < -0.39 is 0 Å². The van der Waals surface area contributed by atoms with Crippen molar-refractivity contribution in [2.45, 2.75) is 25.8 Å². The molecular formula is C20H25Cl2N3O. The maximum Gasteiger partial charge on any atom is 0.220 e. The molecule has 0 aliphatic heterocycles. The molecule has 0 radical (unpaired) electrons. The molecule has 6 heteroatoms. The van der Waals surface area contributed by atoms with Gasteiger partial charge in [0.25, 0.3) is 0 Å². The molecule has 1 unspecified atom stereocenters. The molecule has 0 fully saturated rings. The Balaban J connectivity index is 2.35. The first-order valence-electron chi connectivity index (χ1n) is 8.66. The summed E-state index contributed by atoms with van der Waals surface area (Å²) in [6.45, 7) is 2.71. The number of para-hydroxylation sites is 2. The standard InChI is InChI=1S/C20H25Cl2N3O/c1-4-19(26)23-18(12-13-25(2)3)14-8-5-6-11-17(14)24-20-15(21)9-7-10-16(20)22/h5-11,18,24H,4,12-13H2,1-3H3,(H,23,26). The average molecular weight is 394 g/mol. The van der Waals surface area contributed by atoms with Gasteiger partial charge < -0.3 is 15.5 Å². The van der Waals surface area contributed by atoms with Gasteiger partial charge in [-0.15, -0.1) is 0 Å². The van der Waals surface area contributed by atoms with Crippen molar-refractivity contribution in [2.75, 3.05) is 26.0 Å². The Labute approximate surface area is 165 Å². The zero-order valence-corrected chi connectivity index (χ0v) is 16.9. The third-order valence-corrected chi connectivity index (χ3v) is 4.71. The van der Waals surface area contributed by atoms with E-state index >= 15 is 0 Å². The number of rotatable bonds is 8. The number of nitrogens with zero attached hydrogens (tertiary/aromatic N) is 1. The number of nitrogens with one attached hydrogen (secondary N) is 2. The number of anilines is 2. The molecule has 4 nitrogen and oxygen atoms in total. The summed E-state index contributed by atoms with van der Waals surface area (Å²) >= 11 is 12.6. The Morgan fingerprint density at radius 3 is 2.35 bits per heavy atom. The molecule has 0 heterocycles. The van der Waals surface area contributed by atoms with E-state index in [9.17, 15) is 4.79 Å². The van der Waals surface area contributed by atoms with Gasteiger partial charge in [-0.2, -0.15) is 0 Å². The lowest BCUT2D eigenvalue weighted by atomic mass is 10.0. The maximum absolute atomic E-state index is 12.0. The minimum Gasteiger partial charge on any atom is -0.353 e. The van der Waals surface area contributed by atoms with Gasteiger partial charge in [0.05, 0.1) is 21.8 Å². The highest BCUT2D eigenvalue weighted by molar-refractivity contribution is 6.39. The molecule has 2 N–H and O–H groups in total. The molecule has 0 aliphatic carbocycles. The van der Waals surface area contributed by atoms with Gasteiger partial charge in [-0.05, 0) is 50.8 Å². The van der Waals surface area contributed by atoms with Gasteiger partial charge in [-0.3, -0.25) is 4.79 Å². The van der Waals surface area contributed by atoms with E-state index in [-0.39, 0.29) is 11.9 Å². The first-order valence-corrected chi connectivity index (χ1v) is 9.42. The Bertz CT molecular complexity index is 729. The SMILES string of the molecule is CCC(=O)NC(CCN(C)C)c1ccccc1Nc1c(Cl)cccc1Cl.